The van der Waals surface area contributed by atoms with Crippen LogP contribution in [0.2, 0.25) is 0 Å². The van der Waals surface area contributed by atoms with Crippen molar-refractivity contribution in [3.63, 3.8) is 0 Å². The number of rotatable bonds is 4. The van der Waals surface area contributed by atoms with Crippen LogP contribution in [0.4, 0.5) is 4.79 Å². The molecular formula is C14H25N3O4. The van der Waals surface area contributed by atoms with E-state index in [0.717, 1.165) is 0 Å². The highest BCUT2D eigenvalue weighted by atomic mass is 16.4. The van der Waals surface area contributed by atoms with E-state index in [1.807, 2.05) is 20.8 Å². The van der Waals surface area contributed by atoms with Gasteiger partial charge in [0, 0.05) is 25.2 Å². The molecule has 0 radical (unpaired) electrons. The third kappa shape index (κ3) is 4.09. The molecule has 1 heterocycles. The average molecular weight is 299 g/mol. The number of hydrogen-bond donors (Lipinski definition) is 2. The number of aliphatic carboxylic acids is 1. The molecule has 7 nitrogen and oxygen atoms in total. The summed E-state index contributed by atoms with van der Waals surface area (Å²) in [5.41, 5.74) is 4.20. The van der Waals surface area contributed by atoms with Crippen molar-refractivity contribution in [2.75, 3.05) is 19.6 Å². The molecular weight excluding hydrogens is 274 g/mol. The summed E-state index contributed by atoms with van der Waals surface area (Å²) in [5.74, 6) is -1.36. The Hall–Kier alpha value is -1.79. The number of likely N-dealkylation sites (tertiary alicyclic amines) is 1. The second kappa shape index (κ2) is 5.91. The number of amides is 3. The van der Waals surface area contributed by atoms with E-state index in [1.165, 1.54) is 4.90 Å². The van der Waals surface area contributed by atoms with E-state index in [9.17, 15) is 14.4 Å². The van der Waals surface area contributed by atoms with Crippen molar-refractivity contribution in [2.45, 2.75) is 46.1 Å². The second-order valence-electron chi connectivity index (χ2n) is 6.85. The van der Waals surface area contributed by atoms with Crippen LogP contribution in [-0.2, 0) is 9.59 Å². The predicted octanol–water partition coefficient (Wildman–Crippen LogP) is 0.879. The normalized spacial score (nSPS) is 22.2. The first-order chi connectivity index (χ1) is 9.47. The predicted molar refractivity (Wildman–Crippen MR) is 77.6 cm³/mol. The van der Waals surface area contributed by atoms with Crippen LogP contribution in [0.15, 0.2) is 0 Å². The molecule has 21 heavy (non-hydrogen) atoms. The van der Waals surface area contributed by atoms with Gasteiger partial charge in [-0.3, -0.25) is 9.59 Å². The number of nitrogens with two attached hydrogens (primary N) is 1. The maximum absolute atomic E-state index is 12.6. The minimum atomic E-state index is -0.944. The molecule has 0 bridgehead atoms. The number of urea groups is 1. The number of carboxylic acids is 1. The van der Waals surface area contributed by atoms with Crippen molar-refractivity contribution in [3.05, 3.63) is 0 Å². The van der Waals surface area contributed by atoms with Crippen LogP contribution in [0.3, 0.4) is 0 Å². The molecule has 1 rings (SSSR count). The van der Waals surface area contributed by atoms with Gasteiger partial charge in [0.1, 0.15) is 0 Å². The maximum atomic E-state index is 12.6. The van der Waals surface area contributed by atoms with Crippen molar-refractivity contribution >= 4 is 17.9 Å². The molecule has 0 spiro atoms. The second-order valence-corrected chi connectivity index (χ2v) is 6.85. The fourth-order valence-corrected chi connectivity index (χ4v) is 2.42. The lowest BCUT2D eigenvalue weighted by atomic mass is 9.89. The van der Waals surface area contributed by atoms with Crippen LogP contribution in [0.25, 0.3) is 0 Å². The van der Waals surface area contributed by atoms with Crippen LogP contribution in [0.5, 0.6) is 0 Å². The van der Waals surface area contributed by atoms with Gasteiger partial charge in [-0.2, -0.15) is 0 Å². The van der Waals surface area contributed by atoms with Crippen LogP contribution in [-0.4, -0.2) is 58.0 Å². The van der Waals surface area contributed by atoms with Crippen molar-refractivity contribution in [2.24, 2.45) is 11.1 Å². The van der Waals surface area contributed by atoms with Gasteiger partial charge in [0.05, 0.1) is 11.8 Å². The van der Waals surface area contributed by atoms with Gasteiger partial charge in [-0.05, 0) is 34.1 Å². The van der Waals surface area contributed by atoms with E-state index >= 15 is 0 Å². The molecule has 1 aliphatic rings. The van der Waals surface area contributed by atoms with Crippen LogP contribution in [0, 0.1) is 5.41 Å². The highest BCUT2D eigenvalue weighted by Crippen LogP contribution is 2.31. The highest BCUT2D eigenvalue weighted by Gasteiger charge is 2.43. The van der Waals surface area contributed by atoms with E-state index < -0.39 is 22.8 Å². The van der Waals surface area contributed by atoms with Crippen molar-refractivity contribution in [3.8, 4) is 0 Å². The van der Waals surface area contributed by atoms with E-state index in [4.69, 9.17) is 10.8 Å². The molecule has 7 heteroatoms. The Morgan fingerprint density at radius 2 is 1.90 bits per heavy atom. The number of carbonyl (C=O) groups is 3. The van der Waals surface area contributed by atoms with E-state index in [1.54, 1.807) is 11.8 Å². The maximum Gasteiger partial charge on any atom is 0.320 e. The van der Waals surface area contributed by atoms with Gasteiger partial charge in [0.15, 0.2) is 0 Å². The van der Waals surface area contributed by atoms with Gasteiger partial charge in [-0.15, -0.1) is 0 Å². The molecule has 3 amide bonds. The summed E-state index contributed by atoms with van der Waals surface area (Å²) in [4.78, 5) is 38.0. The zero-order valence-electron chi connectivity index (χ0n) is 13.2. The summed E-state index contributed by atoms with van der Waals surface area (Å²) in [5, 5.41) is 8.82. The third-order valence-electron chi connectivity index (χ3n) is 3.93. The van der Waals surface area contributed by atoms with Crippen LogP contribution in [0.1, 0.15) is 40.5 Å². The molecule has 120 valence electrons. The smallest absolute Gasteiger partial charge is 0.320 e. The van der Waals surface area contributed by atoms with Gasteiger partial charge in [0.25, 0.3) is 0 Å². The van der Waals surface area contributed by atoms with Crippen LogP contribution >= 0.6 is 0 Å². The Morgan fingerprint density at radius 3 is 2.29 bits per heavy atom. The molecule has 1 unspecified atom stereocenters. The lowest BCUT2D eigenvalue weighted by molar-refractivity contribution is -0.137. The van der Waals surface area contributed by atoms with Gasteiger partial charge >= 0.3 is 12.0 Å². The van der Waals surface area contributed by atoms with Crippen molar-refractivity contribution < 1.29 is 19.5 Å². The zero-order valence-corrected chi connectivity index (χ0v) is 13.2. The first kappa shape index (κ1) is 17.3. The molecule has 0 aromatic carbocycles. The number of primary amides is 1. The number of carbonyl (C=O) groups excluding carboxylic acids is 2. The largest absolute Gasteiger partial charge is 0.481 e. The standard InChI is InChI=1S/C14H25N3O4/c1-13(2,3)17(7-5-10(18)19)12(21)16-8-6-14(4,9-16)11(15)20/h5-9H2,1-4H3,(H2,15,20)(H,18,19). The third-order valence-corrected chi connectivity index (χ3v) is 3.93. The monoisotopic (exact) mass is 299 g/mol. The molecule has 1 fully saturated rings. The van der Waals surface area contributed by atoms with Crippen molar-refractivity contribution in [1.82, 2.24) is 9.80 Å². The van der Waals surface area contributed by atoms with Crippen LogP contribution < -0.4 is 5.73 Å². The van der Waals surface area contributed by atoms with E-state index in [0.29, 0.717) is 13.0 Å². The molecule has 0 aromatic heterocycles. The first-order valence-electron chi connectivity index (χ1n) is 7.05. The number of nitrogens with zero attached hydrogens (tertiary/aromatic N) is 2. The first-order valence-corrected chi connectivity index (χ1v) is 7.05. The Bertz CT molecular complexity index is 444. The Balaban J connectivity index is 2.83. The average Bonchev–Trinajstić information content (AvgIpc) is 2.71. The summed E-state index contributed by atoms with van der Waals surface area (Å²) >= 11 is 0. The number of hydrogen-bond acceptors (Lipinski definition) is 3. The molecule has 0 aromatic rings. The minimum absolute atomic E-state index is 0.107. The molecule has 0 aliphatic carbocycles. The fraction of sp³-hybridized carbons (Fsp3) is 0.786. The Kier molecular flexibility index (Phi) is 4.86. The SMILES string of the molecule is CC1(C(N)=O)CCN(C(=O)N(CCC(=O)O)C(C)(C)C)C1. The molecule has 1 aliphatic heterocycles. The van der Waals surface area contributed by atoms with Gasteiger partial charge < -0.3 is 20.6 Å². The van der Waals surface area contributed by atoms with Gasteiger partial charge in [0.2, 0.25) is 5.91 Å². The summed E-state index contributed by atoms with van der Waals surface area (Å²) in [6, 6.07) is -0.242. The van der Waals surface area contributed by atoms with E-state index in [2.05, 4.69) is 0 Å². The Labute approximate surface area is 125 Å². The molecule has 0 saturated carbocycles. The molecule has 3 N–H and O–H groups in total. The minimum Gasteiger partial charge on any atom is -0.481 e. The highest BCUT2D eigenvalue weighted by molar-refractivity contribution is 5.83. The van der Waals surface area contributed by atoms with Gasteiger partial charge in [-0.25, -0.2) is 4.79 Å². The lowest BCUT2D eigenvalue weighted by Crippen LogP contribution is -2.52. The Morgan fingerprint density at radius 1 is 1.33 bits per heavy atom. The quantitative estimate of drug-likeness (QED) is 0.804. The molecule has 1 saturated heterocycles. The van der Waals surface area contributed by atoms with Crippen molar-refractivity contribution in [1.29, 1.82) is 0 Å². The van der Waals surface area contributed by atoms with Gasteiger partial charge in [-0.1, -0.05) is 0 Å². The molecule has 1 atom stereocenters. The lowest BCUT2D eigenvalue weighted by Gasteiger charge is -2.38. The summed E-state index contributed by atoms with van der Waals surface area (Å²) < 4.78 is 0. The summed E-state index contributed by atoms with van der Waals surface area (Å²) in [6.07, 6.45) is 0.426. The fourth-order valence-electron chi connectivity index (χ4n) is 2.42. The summed E-state index contributed by atoms with van der Waals surface area (Å²) in [6.45, 7) is 8.20. The number of carboxylic acid groups (broad SMARTS) is 1. The topological polar surface area (TPSA) is 104 Å². The van der Waals surface area contributed by atoms with E-state index in [-0.39, 0.29) is 25.5 Å². The zero-order chi connectivity index (χ0) is 16.4. The summed E-state index contributed by atoms with van der Waals surface area (Å²) in [7, 11) is 0.